The summed E-state index contributed by atoms with van der Waals surface area (Å²) in [6.45, 7) is 5.02. The molecule has 0 aromatic rings. The number of carbonyl (C=O) groups excluding carboxylic acids is 1. The van der Waals surface area contributed by atoms with E-state index in [0.29, 0.717) is 11.8 Å². The lowest BCUT2D eigenvalue weighted by molar-refractivity contribution is -0.132. The summed E-state index contributed by atoms with van der Waals surface area (Å²) in [7, 11) is 0. The number of carbonyl (C=O) groups is 1. The summed E-state index contributed by atoms with van der Waals surface area (Å²) in [5.74, 6) is 2.66. The van der Waals surface area contributed by atoms with Crippen molar-refractivity contribution in [1.29, 1.82) is 0 Å². The van der Waals surface area contributed by atoms with Crippen LogP contribution in [0.4, 0.5) is 0 Å². The molecule has 2 N–H and O–H groups in total. The van der Waals surface area contributed by atoms with Crippen molar-refractivity contribution in [1.82, 2.24) is 4.90 Å². The zero-order valence-corrected chi connectivity index (χ0v) is 12.4. The molecule has 0 aromatic carbocycles. The molecular formula is C16H30N2O. The van der Waals surface area contributed by atoms with Crippen LogP contribution in [0.5, 0.6) is 0 Å². The molecule has 1 atom stereocenters. The van der Waals surface area contributed by atoms with E-state index in [9.17, 15) is 4.79 Å². The second kappa shape index (κ2) is 7.28. The molecule has 2 rings (SSSR count). The highest BCUT2D eigenvalue weighted by molar-refractivity contribution is 5.76. The number of hydrogen-bond donors (Lipinski definition) is 1. The average Bonchev–Trinajstić information content (AvgIpc) is 3.28. The first kappa shape index (κ1) is 14.8. The summed E-state index contributed by atoms with van der Waals surface area (Å²) in [6, 6.07) is 0. The molecule has 2 fully saturated rings. The smallest absolute Gasteiger partial charge is 0.222 e. The third-order valence-electron chi connectivity index (χ3n) is 4.62. The second-order valence-corrected chi connectivity index (χ2v) is 6.58. The molecule has 3 nitrogen and oxygen atoms in total. The van der Waals surface area contributed by atoms with Crippen molar-refractivity contribution < 1.29 is 4.79 Å². The van der Waals surface area contributed by atoms with Gasteiger partial charge in [0.2, 0.25) is 5.91 Å². The Balaban J connectivity index is 1.73. The molecule has 0 spiro atoms. The minimum atomic E-state index is 0.397. The first-order valence-corrected chi connectivity index (χ1v) is 8.20. The summed E-state index contributed by atoms with van der Waals surface area (Å²) < 4.78 is 0. The van der Waals surface area contributed by atoms with Crippen LogP contribution in [0, 0.1) is 17.8 Å². The highest BCUT2D eigenvalue weighted by Crippen LogP contribution is 2.34. The molecule has 0 aliphatic heterocycles. The van der Waals surface area contributed by atoms with Gasteiger partial charge in [0.1, 0.15) is 0 Å². The predicted octanol–water partition coefficient (Wildman–Crippen LogP) is 2.79. The third kappa shape index (κ3) is 5.52. The Bertz CT molecular complexity index is 270. The number of rotatable bonds is 10. The van der Waals surface area contributed by atoms with Gasteiger partial charge in [-0.15, -0.1) is 0 Å². The highest BCUT2D eigenvalue weighted by Gasteiger charge is 2.31. The van der Waals surface area contributed by atoms with E-state index in [1.807, 2.05) is 0 Å². The van der Waals surface area contributed by atoms with Crippen LogP contribution in [0.3, 0.4) is 0 Å². The Morgan fingerprint density at radius 1 is 1.16 bits per heavy atom. The van der Waals surface area contributed by atoms with Crippen molar-refractivity contribution in [3.05, 3.63) is 0 Å². The van der Waals surface area contributed by atoms with E-state index in [2.05, 4.69) is 11.8 Å². The second-order valence-electron chi connectivity index (χ2n) is 6.58. The first-order chi connectivity index (χ1) is 9.22. The molecule has 2 saturated carbocycles. The van der Waals surface area contributed by atoms with Gasteiger partial charge < -0.3 is 10.6 Å². The van der Waals surface area contributed by atoms with E-state index in [0.717, 1.165) is 57.2 Å². The molecule has 3 heteroatoms. The van der Waals surface area contributed by atoms with Crippen molar-refractivity contribution in [3.8, 4) is 0 Å². The fraction of sp³-hybridized carbons (Fsp3) is 0.938. The Morgan fingerprint density at radius 3 is 2.16 bits per heavy atom. The van der Waals surface area contributed by atoms with Crippen molar-refractivity contribution >= 4 is 5.91 Å². The Kier molecular flexibility index (Phi) is 5.68. The van der Waals surface area contributed by atoms with E-state index >= 15 is 0 Å². The largest absolute Gasteiger partial charge is 0.342 e. The lowest BCUT2D eigenvalue weighted by atomic mass is 9.96. The summed E-state index contributed by atoms with van der Waals surface area (Å²) in [6.07, 6.45) is 9.30. The predicted molar refractivity (Wildman–Crippen MR) is 78.7 cm³/mol. The van der Waals surface area contributed by atoms with Gasteiger partial charge in [-0.1, -0.05) is 13.3 Å². The van der Waals surface area contributed by atoms with Crippen molar-refractivity contribution in [3.63, 3.8) is 0 Å². The van der Waals surface area contributed by atoms with E-state index < -0.39 is 0 Å². The maximum absolute atomic E-state index is 12.4. The lowest BCUT2D eigenvalue weighted by Gasteiger charge is -2.24. The van der Waals surface area contributed by atoms with Crippen molar-refractivity contribution in [2.75, 3.05) is 19.6 Å². The molecule has 1 unspecified atom stereocenters. The summed E-state index contributed by atoms with van der Waals surface area (Å²) in [5, 5.41) is 0. The summed E-state index contributed by atoms with van der Waals surface area (Å²) in [5.41, 5.74) is 5.62. The SMILES string of the molecule is CCC(CCN)CCC(=O)N(CC1CC1)CC1CC1. The van der Waals surface area contributed by atoms with Gasteiger partial charge in [0.05, 0.1) is 0 Å². The Labute approximate surface area is 117 Å². The van der Waals surface area contributed by atoms with Crippen LogP contribution < -0.4 is 5.73 Å². The normalized spacial score (nSPS) is 20.3. The average molecular weight is 266 g/mol. The van der Waals surface area contributed by atoms with Gasteiger partial charge in [-0.2, -0.15) is 0 Å². The number of amides is 1. The van der Waals surface area contributed by atoms with Gasteiger partial charge in [0.25, 0.3) is 0 Å². The minimum absolute atomic E-state index is 0.397. The van der Waals surface area contributed by atoms with Crippen LogP contribution in [0.25, 0.3) is 0 Å². The van der Waals surface area contributed by atoms with Gasteiger partial charge >= 0.3 is 0 Å². The lowest BCUT2D eigenvalue weighted by Crippen LogP contribution is -2.34. The van der Waals surface area contributed by atoms with Gasteiger partial charge in [-0.05, 0) is 62.8 Å². The number of nitrogens with zero attached hydrogens (tertiary/aromatic N) is 1. The maximum atomic E-state index is 12.4. The summed E-state index contributed by atoms with van der Waals surface area (Å²) >= 11 is 0. The molecule has 0 saturated heterocycles. The molecule has 2 aliphatic rings. The maximum Gasteiger partial charge on any atom is 0.222 e. The number of hydrogen-bond acceptors (Lipinski definition) is 2. The third-order valence-corrected chi connectivity index (χ3v) is 4.62. The topological polar surface area (TPSA) is 46.3 Å². The van der Waals surface area contributed by atoms with Gasteiger partial charge in [0, 0.05) is 19.5 Å². The molecule has 0 radical (unpaired) electrons. The molecule has 0 bridgehead atoms. The Hall–Kier alpha value is -0.570. The van der Waals surface area contributed by atoms with Gasteiger partial charge in [0.15, 0.2) is 0 Å². The van der Waals surface area contributed by atoms with E-state index in [-0.39, 0.29) is 0 Å². The Morgan fingerprint density at radius 2 is 1.74 bits per heavy atom. The summed E-state index contributed by atoms with van der Waals surface area (Å²) in [4.78, 5) is 14.6. The van der Waals surface area contributed by atoms with Gasteiger partial charge in [-0.25, -0.2) is 0 Å². The fourth-order valence-corrected chi connectivity index (χ4v) is 2.78. The van der Waals surface area contributed by atoms with E-state index in [4.69, 9.17) is 5.73 Å². The van der Waals surface area contributed by atoms with Crippen LogP contribution in [0.2, 0.25) is 0 Å². The molecule has 0 heterocycles. The molecule has 19 heavy (non-hydrogen) atoms. The quantitative estimate of drug-likeness (QED) is 0.661. The number of nitrogens with two attached hydrogens (primary N) is 1. The molecule has 110 valence electrons. The zero-order chi connectivity index (χ0) is 13.7. The van der Waals surface area contributed by atoms with Crippen molar-refractivity contribution in [2.24, 2.45) is 23.5 Å². The zero-order valence-electron chi connectivity index (χ0n) is 12.4. The van der Waals surface area contributed by atoms with Crippen LogP contribution >= 0.6 is 0 Å². The van der Waals surface area contributed by atoms with Gasteiger partial charge in [-0.3, -0.25) is 4.79 Å². The van der Waals surface area contributed by atoms with Crippen molar-refractivity contribution in [2.45, 2.75) is 58.3 Å². The molecule has 0 aromatic heterocycles. The van der Waals surface area contributed by atoms with Crippen LogP contribution in [0.15, 0.2) is 0 Å². The highest BCUT2D eigenvalue weighted by atomic mass is 16.2. The van der Waals surface area contributed by atoms with Crippen LogP contribution in [0.1, 0.15) is 58.3 Å². The minimum Gasteiger partial charge on any atom is -0.342 e. The fourth-order valence-electron chi connectivity index (χ4n) is 2.78. The monoisotopic (exact) mass is 266 g/mol. The van der Waals surface area contributed by atoms with E-state index in [1.165, 1.54) is 25.7 Å². The molecular weight excluding hydrogens is 236 g/mol. The van der Waals surface area contributed by atoms with Crippen LogP contribution in [-0.2, 0) is 4.79 Å². The van der Waals surface area contributed by atoms with Crippen LogP contribution in [-0.4, -0.2) is 30.4 Å². The molecule has 1 amide bonds. The van der Waals surface area contributed by atoms with E-state index in [1.54, 1.807) is 0 Å². The molecule has 2 aliphatic carbocycles. The first-order valence-electron chi connectivity index (χ1n) is 8.20. The standard InChI is InChI=1S/C16H30N2O/c1-2-13(9-10-17)7-8-16(19)18(11-14-3-4-14)12-15-5-6-15/h13-15H,2-12,17H2,1H3.